The standard InChI is InChI=1S/C13H18N2O3S/c1-3-15(12(16)6-7-19-2)11-5-4-9(13(17)18)8-10(11)14/h4-5,8H,3,6-7,14H2,1-2H3,(H,17,18). The van der Waals surface area contributed by atoms with Crippen molar-refractivity contribution < 1.29 is 14.7 Å². The smallest absolute Gasteiger partial charge is 0.335 e. The normalized spacial score (nSPS) is 10.2. The predicted octanol–water partition coefficient (Wildman–Crippen LogP) is 2.07. The lowest BCUT2D eigenvalue weighted by molar-refractivity contribution is -0.118. The van der Waals surface area contributed by atoms with Gasteiger partial charge in [-0.25, -0.2) is 4.79 Å². The van der Waals surface area contributed by atoms with Crippen LogP contribution in [0.2, 0.25) is 0 Å². The Morgan fingerprint density at radius 3 is 2.58 bits per heavy atom. The van der Waals surface area contributed by atoms with E-state index in [4.69, 9.17) is 10.8 Å². The third-order valence-electron chi connectivity index (χ3n) is 2.70. The number of thioether (sulfide) groups is 1. The molecule has 0 aliphatic heterocycles. The Kier molecular flexibility index (Phi) is 5.69. The molecule has 3 N–H and O–H groups in total. The molecule has 0 atom stereocenters. The van der Waals surface area contributed by atoms with Crippen LogP contribution in [0.15, 0.2) is 18.2 Å². The van der Waals surface area contributed by atoms with E-state index in [-0.39, 0.29) is 11.5 Å². The first kappa shape index (κ1) is 15.4. The number of nitrogen functional groups attached to an aromatic ring is 1. The van der Waals surface area contributed by atoms with Gasteiger partial charge in [-0.3, -0.25) is 4.79 Å². The van der Waals surface area contributed by atoms with Crippen molar-refractivity contribution in [2.45, 2.75) is 13.3 Å². The molecule has 5 nitrogen and oxygen atoms in total. The average Bonchev–Trinajstić information content (AvgIpc) is 2.38. The fourth-order valence-corrected chi connectivity index (χ4v) is 2.12. The van der Waals surface area contributed by atoms with Crippen molar-refractivity contribution in [3.05, 3.63) is 23.8 Å². The van der Waals surface area contributed by atoms with Crippen LogP contribution in [0.3, 0.4) is 0 Å². The van der Waals surface area contributed by atoms with Gasteiger partial charge in [0.15, 0.2) is 0 Å². The van der Waals surface area contributed by atoms with Crippen molar-refractivity contribution in [1.29, 1.82) is 0 Å². The van der Waals surface area contributed by atoms with Crippen LogP contribution >= 0.6 is 11.8 Å². The van der Waals surface area contributed by atoms with E-state index in [0.29, 0.717) is 24.3 Å². The molecule has 1 aromatic rings. The number of amides is 1. The summed E-state index contributed by atoms with van der Waals surface area (Å²) >= 11 is 1.61. The van der Waals surface area contributed by atoms with E-state index < -0.39 is 5.97 Å². The monoisotopic (exact) mass is 282 g/mol. The number of carbonyl (C=O) groups is 2. The predicted molar refractivity (Wildman–Crippen MR) is 78.8 cm³/mol. The Hall–Kier alpha value is -1.69. The molecule has 0 bridgehead atoms. The van der Waals surface area contributed by atoms with Crippen molar-refractivity contribution in [1.82, 2.24) is 0 Å². The van der Waals surface area contributed by atoms with Crippen molar-refractivity contribution in [2.24, 2.45) is 0 Å². The third kappa shape index (κ3) is 3.89. The summed E-state index contributed by atoms with van der Waals surface area (Å²) in [5, 5.41) is 8.88. The van der Waals surface area contributed by atoms with Crippen molar-refractivity contribution >= 4 is 35.0 Å². The van der Waals surface area contributed by atoms with Gasteiger partial charge in [0, 0.05) is 18.7 Å². The quantitative estimate of drug-likeness (QED) is 0.780. The number of carboxylic acids is 1. The van der Waals surface area contributed by atoms with Gasteiger partial charge in [-0.15, -0.1) is 0 Å². The number of hydrogen-bond acceptors (Lipinski definition) is 4. The van der Waals surface area contributed by atoms with E-state index in [9.17, 15) is 9.59 Å². The van der Waals surface area contributed by atoms with E-state index in [0.717, 1.165) is 5.75 Å². The molecule has 0 unspecified atom stereocenters. The molecule has 0 aliphatic rings. The van der Waals surface area contributed by atoms with Crippen LogP contribution < -0.4 is 10.6 Å². The Morgan fingerprint density at radius 1 is 1.42 bits per heavy atom. The zero-order valence-corrected chi connectivity index (χ0v) is 11.9. The van der Waals surface area contributed by atoms with Crippen molar-refractivity contribution in [2.75, 3.05) is 29.2 Å². The maximum atomic E-state index is 12.0. The highest BCUT2D eigenvalue weighted by Crippen LogP contribution is 2.25. The summed E-state index contributed by atoms with van der Waals surface area (Å²) in [4.78, 5) is 24.5. The lowest BCUT2D eigenvalue weighted by atomic mass is 10.1. The van der Waals surface area contributed by atoms with E-state index in [1.54, 1.807) is 22.7 Å². The average molecular weight is 282 g/mol. The first-order valence-electron chi connectivity index (χ1n) is 5.93. The second-order valence-corrected chi connectivity index (χ2v) is 4.95. The fraction of sp³-hybridized carbons (Fsp3) is 0.385. The number of nitrogens with two attached hydrogens (primary N) is 1. The van der Waals surface area contributed by atoms with Gasteiger partial charge in [-0.05, 0) is 31.4 Å². The van der Waals surface area contributed by atoms with Gasteiger partial charge in [0.2, 0.25) is 5.91 Å². The molecular weight excluding hydrogens is 264 g/mol. The number of anilines is 2. The number of nitrogens with zero attached hydrogens (tertiary/aromatic N) is 1. The van der Waals surface area contributed by atoms with Gasteiger partial charge in [0.25, 0.3) is 0 Å². The number of carbonyl (C=O) groups excluding carboxylic acids is 1. The second kappa shape index (κ2) is 7.04. The molecule has 104 valence electrons. The van der Waals surface area contributed by atoms with E-state index >= 15 is 0 Å². The van der Waals surface area contributed by atoms with Crippen molar-refractivity contribution in [3.8, 4) is 0 Å². The molecule has 19 heavy (non-hydrogen) atoms. The van der Waals surface area contributed by atoms with Gasteiger partial charge in [0.05, 0.1) is 16.9 Å². The molecule has 0 aromatic heterocycles. The zero-order valence-electron chi connectivity index (χ0n) is 11.0. The number of aromatic carboxylic acids is 1. The van der Waals surface area contributed by atoms with Crippen LogP contribution in [0, 0.1) is 0 Å². The third-order valence-corrected chi connectivity index (χ3v) is 3.31. The summed E-state index contributed by atoms with van der Waals surface area (Å²) in [5.74, 6) is -0.288. The summed E-state index contributed by atoms with van der Waals surface area (Å²) in [6, 6.07) is 4.42. The number of rotatable bonds is 6. The largest absolute Gasteiger partial charge is 0.478 e. The van der Waals surface area contributed by atoms with Gasteiger partial charge in [-0.2, -0.15) is 11.8 Å². The highest BCUT2D eigenvalue weighted by atomic mass is 32.2. The highest BCUT2D eigenvalue weighted by molar-refractivity contribution is 7.98. The highest BCUT2D eigenvalue weighted by Gasteiger charge is 2.17. The SMILES string of the molecule is CCN(C(=O)CCSC)c1ccc(C(=O)O)cc1N. The first-order valence-corrected chi connectivity index (χ1v) is 7.32. The van der Waals surface area contributed by atoms with Gasteiger partial charge in [0.1, 0.15) is 0 Å². The van der Waals surface area contributed by atoms with Crippen LogP contribution in [-0.2, 0) is 4.79 Å². The molecule has 0 fully saturated rings. The van der Waals surface area contributed by atoms with E-state index in [1.807, 2.05) is 13.2 Å². The molecular formula is C13H18N2O3S. The number of benzene rings is 1. The molecule has 1 aromatic carbocycles. The molecule has 0 heterocycles. The lowest BCUT2D eigenvalue weighted by Gasteiger charge is -2.22. The van der Waals surface area contributed by atoms with Crippen LogP contribution in [0.4, 0.5) is 11.4 Å². The summed E-state index contributed by atoms with van der Waals surface area (Å²) < 4.78 is 0. The fourth-order valence-electron chi connectivity index (χ4n) is 1.74. The molecule has 0 saturated heterocycles. The minimum absolute atomic E-state index is 0.00775. The maximum absolute atomic E-state index is 12.0. The molecule has 0 saturated carbocycles. The summed E-state index contributed by atoms with van der Waals surface area (Å²) in [7, 11) is 0. The number of hydrogen-bond donors (Lipinski definition) is 2. The molecule has 1 rings (SSSR count). The topological polar surface area (TPSA) is 83.6 Å². The Morgan fingerprint density at radius 2 is 2.11 bits per heavy atom. The maximum Gasteiger partial charge on any atom is 0.335 e. The summed E-state index contributed by atoms with van der Waals surface area (Å²) in [6.07, 6.45) is 2.38. The van der Waals surface area contributed by atoms with Crippen LogP contribution in [0.5, 0.6) is 0 Å². The first-order chi connectivity index (χ1) is 9.01. The minimum Gasteiger partial charge on any atom is -0.478 e. The molecule has 0 aliphatic carbocycles. The zero-order chi connectivity index (χ0) is 14.4. The van der Waals surface area contributed by atoms with Crippen LogP contribution in [-0.4, -0.2) is 35.5 Å². The van der Waals surface area contributed by atoms with Crippen molar-refractivity contribution in [3.63, 3.8) is 0 Å². The van der Waals surface area contributed by atoms with Gasteiger partial charge >= 0.3 is 5.97 Å². The molecule has 0 spiro atoms. The molecule has 0 radical (unpaired) electrons. The van der Waals surface area contributed by atoms with Crippen LogP contribution in [0.25, 0.3) is 0 Å². The van der Waals surface area contributed by atoms with Gasteiger partial charge in [-0.1, -0.05) is 0 Å². The lowest BCUT2D eigenvalue weighted by Crippen LogP contribution is -2.31. The summed E-state index contributed by atoms with van der Waals surface area (Å²) in [6.45, 7) is 2.37. The Labute approximate surface area is 116 Å². The van der Waals surface area contributed by atoms with Gasteiger partial charge < -0.3 is 15.7 Å². The van der Waals surface area contributed by atoms with E-state index in [1.165, 1.54) is 12.1 Å². The molecule has 1 amide bonds. The second-order valence-electron chi connectivity index (χ2n) is 3.96. The Balaban J connectivity index is 2.99. The van der Waals surface area contributed by atoms with Crippen LogP contribution in [0.1, 0.15) is 23.7 Å². The summed E-state index contributed by atoms with van der Waals surface area (Å²) in [5.41, 5.74) is 6.83. The van der Waals surface area contributed by atoms with E-state index in [2.05, 4.69) is 0 Å². The molecule has 6 heteroatoms. The minimum atomic E-state index is -1.03. The Bertz CT molecular complexity index is 477. The number of carboxylic acid groups (broad SMARTS) is 1.